The Balaban J connectivity index is 0. The minimum absolute atomic E-state index is 0.302. The minimum Gasteiger partial charge on any atom is -0.280 e. The first-order chi connectivity index (χ1) is 9.38. The number of hydrogen-bond donors (Lipinski definition) is 0. The van der Waals surface area contributed by atoms with E-state index in [0.29, 0.717) is 12.2 Å². The largest absolute Gasteiger partial charge is 0.458 e. The molecule has 11 heteroatoms. The summed E-state index contributed by atoms with van der Waals surface area (Å²) in [5, 5.41) is 0. The molecule has 0 aliphatic carbocycles. The standard InChI is InChI=1S/C7H16O2S.C4F6O2/c1-5-6-10(8,9)7(2,3)4;5-3(6,7)1(11)2(12)4(8,9)10/h5-6H2,1-4H3;. The lowest BCUT2D eigenvalue weighted by Gasteiger charge is -2.17. The van der Waals surface area contributed by atoms with E-state index < -0.39 is 38.5 Å². The summed E-state index contributed by atoms with van der Waals surface area (Å²) in [6, 6.07) is 0. The van der Waals surface area contributed by atoms with Gasteiger partial charge in [-0.3, -0.25) is 9.59 Å². The van der Waals surface area contributed by atoms with Crippen molar-refractivity contribution in [3.05, 3.63) is 0 Å². The molecule has 4 nitrogen and oxygen atoms in total. The zero-order valence-electron chi connectivity index (χ0n) is 12.2. The predicted molar refractivity (Wildman–Crippen MR) is 66.0 cm³/mol. The number of carbonyl (C=O) groups is 2. The maximum Gasteiger partial charge on any atom is 0.458 e. The summed E-state index contributed by atoms with van der Waals surface area (Å²) < 4.78 is 88.9. The first-order valence-electron chi connectivity index (χ1n) is 5.83. The van der Waals surface area contributed by atoms with E-state index in [1.165, 1.54) is 0 Å². The van der Waals surface area contributed by atoms with Crippen LogP contribution in [0.4, 0.5) is 26.3 Å². The molecule has 0 saturated heterocycles. The molecule has 0 unspecified atom stereocenters. The summed E-state index contributed by atoms with van der Waals surface area (Å²) in [5.74, 6) is -6.51. The fourth-order valence-corrected chi connectivity index (χ4v) is 1.98. The van der Waals surface area contributed by atoms with Crippen molar-refractivity contribution in [1.29, 1.82) is 0 Å². The van der Waals surface area contributed by atoms with Crippen LogP contribution < -0.4 is 0 Å². The summed E-state index contributed by atoms with van der Waals surface area (Å²) in [6.45, 7) is 7.08. The van der Waals surface area contributed by atoms with Gasteiger partial charge in [-0.25, -0.2) is 8.42 Å². The van der Waals surface area contributed by atoms with Crippen LogP contribution in [0, 0.1) is 0 Å². The third-order valence-corrected chi connectivity index (χ3v) is 4.94. The topological polar surface area (TPSA) is 68.3 Å². The molecule has 132 valence electrons. The first kappa shape index (κ1) is 23.1. The Morgan fingerprint density at radius 3 is 1.18 bits per heavy atom. The van der Waals surface area contributed by atoms with Crippen LogP contribution in [0.3, 0.4) is 0 Å². The van der Waals surface area contributed by atoms with Gasteiger partial charge in [-0.05, 0) is 27.2 Å². The summed E-state index contributed by atoms with van der Waals surface area (Å²) in [6.07, 6.45) is -10.8. The molecule has 0 aromatic heterocycles. The molecule has 0 aromatic carbocycles. The number of halogens is 6. The lowest BCUT2D eigenvalue weighted by Crippen LogP contribution is -2.39. The van der Waals surface area contributed by atoms with Crippen LogP contribution in [-0.4, -0.2) is 42.8 Å². The van der Waals surface area contributed by atoms with Gasteiger partial charge in [-0.1, -0.05) is 6.92 Å². The third kappa shape index (κ3) is 7.76. The summed E-state index contributed by atoms with van der Waals surface area (Å²) in [7, 11) is -2.85. The highest BCUT2D eigenvalue weighted by Gasteiger charge is 2.54. The summed E-state index contributed by atoms with van der Waals surface area (Å²) >= 11 is 0. The van der Waals surface area contributed by atoms with Crippen molar-refractivity contribution in [2.45, 2.75) is 51.2 Å². The number of rotatable bonds is 3. The Labute approximate surface area is 123 Å². The van der Waals surface area contributed by atoms with E-state index in [0.717, 1.165) is 0 Å². The van der Waals surface area contributed by atoms with Gasteiger partial charge in [-0.2, -0.15) is 26.3 Å². The molecule has 0 fully saturated rings. The summed E-state index contributed by atoms with van der Waals surface area (Å²) in [5.41, 5.74) is 0. The van der Waals surface area contributed by atoms with E-state index >= 15 is 0 Å². The van der Waals surface area contributed by atoms with E-state index in [1.54, 1.807) is 20.8 Å². The third-order valence-electron chi connectivity index (χ3n) is 2.13. The number of Topliss-reactive ketones (excluding diaryl/α,β-unsaturated/α-hetero) is 2. The molecule has 22 heavy (non-hydrogen) atoms. The second kappa shape index (κ2) is 7.42. The van der Waals surface area contributed by atoms with Crippen LogP contribution >= 0.6 is 0 Å². The van der Waals surface area contributed by atoms with Crippen LogP contribution in [-0.2, 0) is 19.4 Å². The normalized spacial score (nSPS) is 13.2. The molecule has 0 aliphatic heterocycles. The van der Waals surface area contributed by atoms with Crippen LogP contribution in [0.2, 0.25) is 0 Å². The average molecular weight is 358 g/mol. The Bertz CT molecular complexity index is 472. The average Bonchev–Trinajstić information content (AvgIpc) is 2.23. The van der Waals surface area contributed by atoms with E-state index in [2.05, 4.69) is 0 Å². The molecule has 0 heterocycles. The van der Waals surface area contributed by atoms with Gasteiger partial charge < -0.3 is 0 Å². The zero-order valence-corrected chi connectivity index (χ0v) is 13.0. The molecule has 0 aromatic rings. The second-order valence-electron chi connectivity index (χ2n) is 5.09. The van der Waals surface area contributed by atoms with Gasteiger partial charge in [0, 0.05) is 0 Å². The first-order valence-corrected chi connectivity index (χ1v) is 7.48. The van der Waals surface area contributed by atoms with Crippen molar-refractivity contribution in [2.24, 2.45) is 0 Å². The zero-order chi connectivity index (χ0) is 18.6. The molecular formula is C11H16F6O4S. The van der Waals surface area contributed by atoms with Crippen LogP contribution in [0.1, 0.15) is 34.1 Å². The van der Waals surface area contributed by atoms with Gasteiger partial charge >= 0.3 is 23.9 Å². The molecule has 0 N–H and O–H groups in total. The Hall–Kier alpha value is -1.13. The van der Waals surface area contributed by atoms with Crippen molar-refractivity contribution in [3.63, 3.8) is 0 Å². The van der Waals surface area contributed by atoms with E-state index in [4.69, 9.17) is 0 Å². The molecule has 0 rings (SSSR count). The molecule has 0 saturated carbocycles. The quantitative estimate of drug-likeness (QED) is 0.575. The molecule has 0 spiro atoms. The number of alkyl halides is 6. The summed E-state index contributed by atoms with van der Waals surface area (Å²) in [4.78, 5) is 19.2. The highest BCUT2D eigenvalue weighted by atomic mass is 32.2. The van der Waals surface area contributed by atoms with Gasteiger partial charge in [-0.15, -0.1) is 0 Å². The fourth-order valence-electron chi connectivity index (χ4n) is 0.832. The lowest BCUT2D eigenvalue weighted by molar-refractivity contribution is -0.193. The fraction of sp³-hybridized carbons (Fsp3) is 0.818. The molecule has 0 atom stereocenters. The Kier molecular flexibility index (Phi) is 7.81. The van der Waals surface area contributed by atoms with Gasteiger partial charge in [0.2, 0.25) is 0 Å². The number of ketones is 2. The van der Waals surface area contributed by atoms with Gasteiger partial charge in [0.25, 0.3) is 0 Å². The van der Waals surface area contributed by atoms with Crippen molar-refractivity contribution < 1.29 is 44.3 Å². The number of sulfone groups is 1. The van der Waals surface area contributed by atoms with Gasteiger partial charge in [0.1, 0.15) is 0 Å². The van der Waals surface area contributed by atoms with Crippen molar-refractivity contribution in [3.8, 4) is 0 Å². The van der Waals surface area contributed by atoms with E-state index in [-0.39, 0.29) is 0 Å². The van der Waals surface area contributed by atoms with Crippen molar-refractivity contribution >= 4 is 21.4 Å². The van der Waals surface area contributed by atoms with E-state index in [9.17, 15) is 44.3 Å². The SMILES string of the molecule is CCCS(=O)(=O)C(C)(C)C.O=C(C(=O)C(F)(F)F)C(F)(F)F. The second-order valence-corrected chi connectivity index (χ2v) is 7.95. The Morgan fingerprint density at radius 2 is 1.09 bits per heavy atom. The molecule has 0 bridgehead atoms. The number of carbonyl (C=O) groups excluding carboxylic acids is 2. The van der Waals surface area contributed by atoms with Crippen LogP contribution in [0.25, 0.3) is 0 Å². The number of hydrogen-bond acceptors (Lipinski definition) is 4. The van der Waals surface area contributed by atoms with Gasteiger partial charge in [0.05, 0.1) is 10.5 Å². The van der Waals surface area contributed by atoms with Crippen molar-refractivity contribution in [1.82, 2.24) is 0 Å². The smallest absolute Gasteiger partial charge is 0.280 e. The predicted octanol–water partition coefficient (Wildman–Crippen LogP) is 2.86. The van der Waals surface area contributed by atoms with Gasteiger partial charge in [0.15, 0.2) is 9.84 Å². The van der Waals surface area contributed by atoms with Crippen LogP contribution in [0.15, 0.2) is 0 Å². The maximum atomic E-state index is 11.3. The lowest BCUT2D eigenvalue weighted by atomic mass is 10.2. The maximum absolute atomic E-state index is 11.3. The molecule has 0 radical (unpaired) electrons. The van der Waals surface area contributed by atoms with Crippen molar-refractivity contribution in [2.75, 3.05) is 5.75 Å². The van der Waals surface area contributed by atoms with E-state index in [1.807, 2.05) is 6.92 Å². The molecule has 0 amide bonds. The highest BCUT2D eigenvalue weighted by molar-refractivity contribution is 7.92. The molecule has 0 aliphatic rings. The Morgan fingerprint density at radius 1 is 0.818 bits per heavy atom. The monoisotopic (exact) mass is 358 g/mol. The van der Waals surface area contributed by atoms with Crippen LogP contribution in [0.5, 0.6) is 0 Å². The molecular weight excluding hydrogens is 342 g/mol. The minimum atomic E-state index is -5.77. The highest BCUT2D eigenvalue weighted by Crippen LogP contribution is 2.24.